The van der Waals surface area contributed by atoms with Crippen LogP contribution in [0.3, 0.4) is 0 Å². The number of hydrogen-bond acceptors (Lipinski definition) is 5. The lowest BCUT2D eigenvalue weighted by Gasteiger charge is -2.14. The Hall–Kier alpha value is -3.09. The molecule has 3 rings (SSSR count). The highest BCUT2D eigenvalue weighted by Gasteiger charge is 2.20. The first kappa shape index (κ1) is 19.7. The van der Waals surface area contributed by atoms with Crippen LogP contribution in [0.15, 0.2) is 30.3 Å². The summed E-state index contributed by atoms with van der Waals surface area (Å²) in [6, 6.07) is 7.06. The van der Waals surface area contributed by atoms with Gasteiger partial charge in [-0.15, -0.1) is 0 Å². The summed E-state index contributed by atoms with van der Waals surface area (Å²) in [5.74, 6) is -1.26. The van der Waals surface area contributed by atoms with Gasteiger partial charge in [-0.05, 0) is 63.9 Å². The monoisotopic (exact) mass is 383 g/mol. The van der Waals surface area contributed by atoms with Gasteiger partial charge in [-0.3, -0.25) is 9.59 Å². The number of ketones is 1. The molecule has 0 radical (unpaired) electrons. The molecule has 1 aromatic carbocycles. The third-order valence-corrected chi connectivity index (χ3v) is 4.67. The van der Waals surface area contributed by atoms with E-state index in [0.29, 0.717) is 12.0 Å². The van der Waals surface area contributed by atoms with Crippen LogP contribution in [0.4, 0.5) is 4.39 Å². The molecule has 1 atom stereocenters. The summed E-state index contributed by atoms with van der Waals surface area (Å²) in [5, 5.41) is 4.42. The van der Waals surface area contributed by atoms with Crippen molar-refractivity contribution in [1.82, 2.24) is 14.6 Å². The third kappa shape index (κ3) is 4.08. The number of carbonyl (C=O) groups excluding carboxylic acids is 2. The second kappa shape index (κ2) is 7.88. The van der Waals surface area contributed by atoms with Crippen LogP contribution in [0, 0.1) is 26.6 Å². The SMILES string of the molecule is Cc1cc2nc(C)c(CCC(=O)O[C@H](C)C(=O)c3ccc(F)cc3)c(C)n2n1. The zero-order valence-electron chi connectivity index (χ0n) is 16.3. The number of Topliss-reactive ketones (excluding diaryl/α,β-unsaturated/α-hetero) is 1. The number of aromatic nitrogens is 3. The highest BCUT2D eigenvalue weighted by atomic mass is 19.1. The van der Waals surface area contributed by atoms with Crippen molar-refractivity contribution in [1.29, 1.82) is 0 Å². The maximum atomic E-state index is 13.0. The lowest BCUT2D eigenvalue weighted by molar-refractivity contribution is -0.146. The summed E-state index contributed by atoms with van der Waals surface area (Å²) in [6.45, 7) is 7.26. The fraction of sp³-hybridized carbons (Fsp3) is 0.333. The lowest BCUT2D eigenvalue weighted by Crippen LogP contribution is -2.24. The smallest absolute Gasteiger partial charge is 0.306 e. The Morgan fingerprint density at radius 3 is 2.54 bits per heavy atom. The molecule has 3 aromatic rings. The van der Waals surface area contributed by atoms with Crippen LogP contribution >= 0.6 is 0 Å². The van der Waals surface area contributed by atoms with Gasteiger partial charge in [0.05, 0.1) is 5.69 Å². The number of esters is 1. The molecule has 28 heavy (non-hydrogen) atoms. The Balaban J connectivity index is 1.65. The molecule has 0 N–H and O–H groups in total. The quantitative estimate of drug-likeness (QED) is 0.481. The molecule has 2 heterocycles. The normalized spacial score (nSPS) is 12.2. The Kier molecular flexibility index (Phi) is 5.53. The van der Waals surface area contributed by atoms with Gasteiger partial charge >= 0.3 is 5.97 Å². The van der Waals surface area contributed by atoms with E-state index in [2.05, 4.69) is 10.1 Å². The first-order valence-electron chi connectivity index (χ1n) is 9.08. The van der Waals surface area contributed by atoms with E-state index in [4.69, 9.17) is 4.74 Å². The molecule has 0 aliphatic rings. The number of fused-ring (bicyclic) bond motifs is 1. The van der Waals surface area contributed by atoms with Crippen molar-refractivity contribution in [3.8, 4) is 0 Å². The van der Waals surface area contributed by atoms with E-state index >= 15 is 0 Å². The minimum Gasteiger partial charge on any atom is -0.454 e. The highest BCUT2D eigenvalue weighted by Crippen LogP contribution is 2.17. The summed E-state index contributed by atoms with van der Waals surface area (Å²) < 4.78 is 20.0. The topological polar surface area (TPSA) is 73.6 Å². The second-order valence-corrected chi connectivity index (χ2v) is 6.82. The van der Waals surface area contributed by atoms with E-state index in [0.717, 1.165) is 28.3 Å². The Labute approximate surface area is 162 Å². The molecule has 2 aromatic heterocycles. The number of halogens is 1. The van der Waals surface area contributed by atoms with E-state index in [1.165, 1.54) is 31.2 Å². The summed E-state index contributed by atoms with van der Waals surface area (Å²) in [7, 11) is 0. The standard InChI is InChI=1S/C21H22FN3O3/c1-12-11-19-23-13(2)18(14(3)25(19)24-12)9-10-20(26)28-15(4)21(27)16-5-7-17(22)8-6-16/h5-8,11,15H,9-10H2,1-4H3/t15-/m1/s1. The zero-order valence-corrected chi connectivity index (χ0v) is 16.3. The van der Waals surface area contributed by atoms with Gasteiger partial charge in [0.2, 0.25) is 5.78 Å². The molecule has 0 bridgehead atoms. The fourth-order valence-electron chi connectivity index (χ4n) is 3.19. The molecular formula is C21H22FN3O3. The summed E-state index contributed by atoms with van der Waals surface area (Å²) in [5.41, 5.74) is 4.66. The van der Waals surface area contributed by atoms with Crippen molar-refractivity contribution in [3.05, 3.63) is 64.4 Å². The van der Waals surface area contributed by atoms with Crippen LogP contribution in [0.25, 0.3) is 5.65 Å². The number of ether oxygens (including phenoxy) is 1. The maximum Gasteiger partial charge on any atom is 0.306 e. The fourth-order valence-corrected chi connectivity index (χ4v) is 3.19. The van der Waals surface area contributed by atoms with Crippen molar-refractivity contribution in [2.75, 3.05) is 0 Å². The molecule has 0 spiro atoms. The summed E-state index contributed by atoms with van der Waals surface area (Å²) in [4.78, 5) is 29.1. The van der Waals surface area contributed by atoms with Gasteiger partial charge in [-0.25, -0.2) is 13.9 Å². The molecule has 0 unspecified atom stereocenters. The van der Waals surface area contributed by atoms with Crippen molar-refractivity contribution >= 4 is 17.4 Å². The van der Waals surface area contributed by atoms with Gasteiger partial charge in [0.25, 0.3) is 0 Å². The van der Waals surface area contributed by atoms with E-state index in [-0.39, 0.29) is 12.2 Å². The number of rotatable bonds is 6. The second-order valence-electron chi connectivity index (χ2n) is 6.82. The van der Waals surface area contributed by atoms with Gasteiger partial charge in [-0.1, -0.05) is 0 Å². The van der Waals surface area contributed by atoms with Crippen LogP contribution in [-0.2, 0) is 16.0 Å². The molecule has 0 amide bonds. The van der Waals surface area contributed by atoms with Crippen molar-refractivity contribution in [2.45, 2.75) is 46.6 Å². The van der Waals surface area contributed by atoms with E-state index in [9.17, 15) is 14.0 Å². The van der Waals surface area contributed by atoms with Crippen LogP contribution in [0.1, 0.15) is 46.3 Å². The largest absolute Gasteiger partial charge is 0.454 e. The third-order valence-electron chi connectivity index (χ3n) is 4.67. The van der Waals surface area contributed by atoms with Gasteiger partial charge in [0.1, 0.15) is 5.82 Å². The zero-order chi connectivity index (χ0) is 20.4. The first-order valence-corrected chi connectivity index (χ1v) is 9.08. The van der Waals surface area contributed by atoms with Crippen molar-refractivity contribution in [3.63, 3.8) is 0 Å². The van der Waals surface area contributed by atoms with Crippen LogP contribution in [0.5, 0.6) is 0 Å². The van der Waals surface area contributed by atoms with Crippen molar-refractivity contribution < 1.29 is 18.7 Å². The molecule has 0 fully saturated rings. The molecule has 6 nitrogen and oxygen atoms in total. The van der Waals surface area contributed by atoms with Crippen LogP contribution < -0.4 is 0 Å². The van der Waals surface area contributed by atoms with Gasteiger partial charge in [0.15, 0.2) is 11.8 Å². The van der Waals surface area contributed by atoms with Crippen LogP contribution in [0.2, 0.25) is 0 Å². The molecule has 146 valence electrons. The van der Waals surface area contributed by atoms with Gasteiger partial charge < -0.3 is 4.74 Å². The number of hydrogen-bond donors (Lipinski definition) is 0. The predicted octanol–water partition coefficient (Wildman–Crippen LogP) is 3.54. The van der Waals surface area contributed by atoms with E-state index in [1.54, 1.807) is 4.52 Å². The number of carbonyl (C=O) groups is 2. The van der Waals surface area contributed by atoms with Crippen molar-refractivity contribution in [2.24, 2.45) is 0 Å². The molecule has 0 saturated carbocycles. The molecule has 0 saturated heterocycles. The number of nitrogens with zero attached hydrogens (tertiary/aromatic N) is 3. The predicted molar refractivity (Wildman–Crippen MR) is 102 cm³/mol. The first-order chi connectivity index (χ1) is 13.3. The number of aryl methyl sites for hydroxylation is 3. The van der Waals surface area contributed by atoms with E-state index in [1.807, 2.05) is 26.8 Å². The Morgan fingerprint density at radius 2 is 1.86 bits per heavy atom. The number of benzene rings is 1. The maximum absolute atomic E-state index is 13.0. The Morgan fingerprint density at radius 1 is 1.18 bits per heavy atom. The molecule has 7 heteroatoms. The molecule has 0 aliphatic carbocycles. The molecule has 0 aliphatic heterocycles. The van der Waals surface area contributed by atoms with E-state index < -0.39 is 17.9 Å². The van der Waals surface area contributed by atoms with Gasteiger partial charge in [0, 0.05) is 29.4 Å². The van der Waals surface area contributed by atoms with Gasteiger partial charge in [-0.2, -0.15) is 5.10 Å². The average molecular weight is 383 g/mol. The lowest BCUT2D eigenvalue weighted by atomic mass is 10.1. The Bertz CT molecular complexity index is 1040. The summed E-state index contributed by atoms with van der Waals surface area (Å²) in [6.07, 6.45) is -0.374. The minimum absolute atomic E-state index is 0.121. The molecular weight excluding hydrogens is 361 g/mol. The summed E-state index contributed by atoms with van der Waals surface area (Å²) >= 11 is 0. The minimum atomic E-state index is -0.936. The highest BCUT2D eigenvalue weighted by molar-refractivity contribution is 6.00. The average Bonchev–Trinajstić information content (AvgIpc) is 3.01. The van der Waals surface area contributed by atoms with Crippen LogP contribution in [-0.4, -0.2) is 32.5 Å².